The molecule has 1 fully saturated rings. The van der Waals surface area contributed by atoms with Crippen molar-refractivity contribution in [2.75, 3.05) is 44.3 Å². The third kappa shape index (κ3) is 7.22. The first-order chi connectivity index (χ1) is 15.9. The van der Waals surface area contributed by atoms with Crippen LogP contribution in [-0.4, -0.2) is 75.0 Å². The van der Waals surface area contributed by atoms with Crippen molar-refractivity contribution in [3.63, 3.8) is 0 Å². The van der Waals surface area contributed by atoms with Crippen LogP contribution in [0.4, 0.5) is 5.82 Å². The number of sulfone groups is 1. The molecule has 1 N–H and O–H groups in total. The van der Waals surface area contributed by atoms with Gasteiger partial charge < -0.3 is 19.6 Å². The zero-order valence-corrected chi connectivity index (χ0v) is 20.0. The Labute approximate surface area is 197 Å². The number of thioether (sulfide) groups is 1. The molecule has 178 valence electrons. The van der Waals surface area contributed by atoms with Gasteiger partial charge in [-0.2, -0.15) is 0 Å². The van der Waals surface area contributed by atoms with Crippen molar-refractivity contribution in [1.29, 1.82) is 0 Å². The molecule has 2 heterocycles. The van der Waals surface area contributed by atoms with E-state index in [4.69, 9.17) is 14.3 Å². The molecule has 0 bridgehead atoms. The number of carbonyl (C=O) groups is 1. The van der Waals surface area contributed by atoms with E-state index in [9.17, 15) is 13.2 Å². The average molecular weight is 495 g/mol. The summed E-state index contributed by atoms with van der Waals surface area (Å²) >= 11 is 1.43. The highest BCUT2D eigenvalue weighted by molar-refractivity contribution is 7.98. The van der Waals surface area contributed by atoms with Crippen LogP contribution in [0.15, 0.2) is 51.7 Å². The molecule has 1 amide bonds. The molecule has 10 nitrogen and oxygen atoms in total. The van der Waals surface area contributed by atoms with Gasteiger partial charge in [0.2, 0.25) is 0 Å². The number of anilines is 1. The average Bonchev–Trinajstić information content (AvgIpc) is 3.34. The first-order valence-corrected chi connectivity index (χ1v) is 13.1. The van der Waals surface area contributed by atoms with Gasteiger partial charge in [0.05, 0.1) is 36.3 Å². The van der Waals surface area contributed by atoms with Crippen LogP contribution in [0, 0.1) is 0 Å². The number of ether oxygens (including phenoxy) is 2. The smallest absolute Gasteiger partial charge is 0.279 e. The Hall–Kier alpha value is -2.54. The number of amides is 1. The maximum absolute atomic E-state index is 13.0. The van der Waals surface area contributed by atoms with Crippen molar-refractivity contribution in [2.45, 2.75) is 28.9 Å². The molecule has 1 aliphatic heterocycles. The number of methoxy groups -OCH3 is 1. The maximum Gasteiger partial charge on any atom is 0.279 e. The fourth-order valence-electron chi connectivity index (χ4n) is 2.94. The summed E-state index contributed by atoms with van der Waals surface area (Å²) in [5.74, 6) is -0.334. The summed E-state index contributed by atoms with van der Waals surface area (Å²) in [6.07, 6.45) is 5.67. The molecule has 0 unspecified atom stereocenters. The van der Waals surface area contributed by atoms with Crippen LogP contribution in [0.2, 0.25) is 0 Å². The van der Waals surface area contributed by atoms with Crippen molar-refractivity contribution in [2.24, 2.45) is 5.16 Å². The molecule has 0 spiro atoms. The molecule has 1 aromatic heterocycles. The predicted octanol–water partition coefficient (Wildman–Crippen LogP) is 2.16. The number of hydrogen-bond donors (Lipinski definition) is 1. The second-order valence-electron chi connectivity index (χ2n) is 7.12. The van der Waals surface area contributed by atoms with Gasteiger partial charge in [-0.3, -0.25) is 4.79 Å². The molecule has 3 rings (SSSR count). The van der Waals surface area contributed by atoms with Gasteiger partial charge in [-0.05, 0) is 24.8 Å². The van der Waals surface area contributed by atoms with E-state index in [1.165, 1.54) is 49.3 Å². The minimum Gasteiger partial charge on any atom is -0.389 e. The highest BCUT2D eigenvalue weighted by Crippen LogP contribution is 2.17. The minimum absolute atomic E-state index is 0.0130. The number of hydrogen-bond acceptors (Lipinski definition) is 10. The summed E-state index contributed by atoms with van der Waals surface area (Å²) in [6, 6.07) is 5.95. The van der Waals surface area contributed by atoms with Gasteiger partial charge in [0, 0.05) is 25.7 Å². The fourth-order valence-corrected chi connectivity index (χ4v) is 4.54. The van der Waals surface area contributed by atoms with Crippen LogP contribution < -0.4 is 5.32 Å². The molecule has 0 aliphatic carbocycles. The second kappa shape index (κ2) is 12.1. The van der Waals surface area contributed by atoms with Crippen molar-refractivity contribution in [3.05, 3.63) is 42.2 Å². The lowest BCUT2D eigenvalue weighted by Crippen LogP contribution is -2.26. The lowest BCUT2D eigenvalue weighted by molar-refractivity contribution is -0.110. The van der Waals surface area contributed by atoms with Gasteiger partial charge in [0.1, 0.15) is 5.03 Å². The fraction of sp³-hybridized carbons (Fsp3) is 0.429. The number of oxime groups is 1. The normalized spacial score (nSPS) is 16.5. The number of nitrogens with one attached hydrogen (secondary N) is 1. The quantitative estimate of drug-likeness (QED) is 0.216. The Kier molecular flexibility index (Phi) is 9.18. The SMILES string of the molecule is COCCCS(=O)(=O)c1ccc(C(=NO[C@@H]2CCOC2)C(=O)Nc2cnc(SC)cn2)cc1. The Morgan fingerprint density at radius 3 is 2.67 bits per heavy atom. The molecule has 0 radical (unpaired) electrons. The van der Waals surface area contributed by atoms with Crippen LogP contribution in [0.1, 0.15) is 18.4 Å². The monoisotopic (exact) mass is 494 g/mol. The summed E-state index contributed by atoms with van der Waals surface area (Å²) < 4.78 is 35.2. The highest BCUT2D eigenvalue weighted by Gasteiger charge is 2.22. The molecule has 12 heteroatoms. The molecular weight excluding hydrogens is 468 g/mol. The Morgan fingerprint density at radius 2 is 2.06 bits per heavy atom. The van der Waals surface area contributed by atoms with Gasteiger partial charge in [-0.15, -0.1) is 11.8 Å². The third-order valence-electron chi connectivity index (χ3n) is 4.72. The van der Waals surface area contributed by atoms with Gasteiger partial charge in [0.25, 0.3) is 5.91 Å². The molecule has 1 saturated heterocycles. The zero-order valence-electron chi connectivity index (χ0n) is 18.4. The second-order valence-corrected chi connectivity index (χ2v) is 10.1. The van der Waals surface area contributed by atoms with E-state index < -0.39 is 15.7 Å². The number of aromatic nitrogens is 2. The number of carbonyl (C=O) groups excluding carboxylic acids is 1. The van der Waals surface area contributed by atoms with E-state index in [1.807, 2.05) is 6.26 Å². The van der Waals surface area contributed by atoms with E-state index >= 15 is 0 Å². The summed E-state index contributed by atoms with van der Waals surface area (Å²) in [7, 11) is -1.94. The molecule has 1 aromatic carbocycles. The molecule has 0 saturated carbocycles. The van der Waals surface area contributed by atoms with Crippen molar-refractivity contribution < 1.29 is 27.5 Å². The van der Waals surface area contributed by atoms with Crippen LogP contribution >= 0.6 is 11.8 Å². The Bertz CT molecular complexity index is 1050. The van der Waals surface area contributed by atoms with Gasteiger partial charge >= 0.3 is 0 Å². The van der Waals surface area contributed by atoms with E-state index in [1.54, 1.807) is 6.20 Å². The largest absolute Gasteiger partial charge is 0.389 e. The molecule has 33 heavy (non-hydrogen) atoms. The van der Waals surface area contributed by atoms with Crippen molar-refractivity contribution >= 4 is 39.0 Å². The number of rotatable bonds is 11. The van der Waals surface area contributed by atoms with Crippen LogP contribution in [0.25, 0.3) is 0 Å². The van der Waals surface area contributed by atoms with Crippen LogP contribution in [-0.2, 0) is 28.9 Å². The lowest BCUT2D eigenvalue weighted by atomic mass is 10.1. The van der Waals surface area contributed by atoms with E-state index in [0.29, 0.717) is 43.3 Å². The van der Waals surface area contributed by atoms with Crippen molar-refractivity contribution in [1.82, 2.24) is 9.97 Å². The van der Waals surface area contributed by atoms with E-state index in [0.717, 1.165) is 0 Å². The molecular formula is C21H26N4O6S2. The minimum atomic E-state index is -3.46. The maximum atomic E-state index is 13.0. The summed E-state index contributed by atoms with van der Waals surface area (Å²) in [5.41, 5.74) is 0.386. The van der Waals surface area contributed by atoms with E-state index in [-0.39, 0.29) is 28.3 Å². The Morgan fingerprint density at radius 1 is 1.27 bits per heavy atom. The van der Waals surface area contributed by atoms with E-state index in [2.05, 4.69) is 20.4 Å². The first-order valence-electron chi connectivity index (χ1n) is 10.2. The van der Waals surface area contributed by atoms with Crippen molar-refractivity contribution in [3.8, 4) is 0 Å². The highest BCUT2D eigenvalue weighted by atomic mass is 32.2. The Balaban J connectivity index is 1.80. The summed E-state index contributed by atoms with van der Waals surface area (Å²) in [4.78, 5) is 27.0. The van der Waals surface area contributed by atoms with Crippen LogP contribution in [0.5, 0.6) is 0 Å². The summed E-state index contributed by atoms with van der Waals surface area (Å²) in [6.45, 7) is 1.31. The predicted molar refractivity (Wildman–Crippen MR) is 124 cm³/mol. The standard InChI is InChI=1S/C21H26N4O6S2/c1-29-9-3-11-33(27,28)17-6-4-15(5-7-17)20(25-31-16-8-10-30-14-16)21(26)24-18-12-23-19(32-2)13-22-18/h4-7,12-13,16H,3,8-11,14H2,1-2H3,(H,22,24,26)/t16-/m1/s1. The van der Waals surface area contributed by atoms with Gasteiger partial charge in [-0.25, -0.2) is 18.4 Å². The third-order valence-corrected chi connectivity index (χ3v) is 7.17. The topological polar surface area (TPSA) is 129 Å². The molecule has 2 aromatic rings. The van der Waals surface area contributed by atoms with Crippen LogP contribution in [0.3, 0.4) is 0 Å². The molecule has 1 atom stereocenters. The zero-order chi connectivity index (χ0) is 23.7. The summed E-state index contributed by atoms with van der Waals surface area (Å²) in [5, 5.41) is 7.43. The van der Waals surface area contributed by atoms with Gasteiger partial charge in [0.15, 0.2) is 27.5 Å². The van der Waals surface area contributed by atoms with Gasteiger partial charge in [-0.1, -0.05) is 17.3 Å². The number of nitrogens with zero attached hydrogens (tertiary/aromatic N) is 3. The number of benzene rings is 1. The first kappa shape index (κ1) is 25.1. The lowest BCUT2D eigenvalue weighted by Gasteiger charge is -2.11. The molecule has 1 aliphatic rings.